The van der Waals surface area contributed by atoms with Crippen LogP contribution < -0.4 is 0 Å². The molecule has 4 rings (SSSR count). The minimum atomic E-state index is -0.281. The number of hydrogen-bond acceptors (Lipinski definition) is 5. The Morgan fingerprint density at radius 3 is 2.58 bits per heavy atom. The fourth-order valence-electron chi connectivity index (χ4n) is 3.02. The molecule has 0 saturated heterocycles. The summed E-state index contributed by atoms with van der Waals surface area (Å²) in [6, 6.07) is 13.9. The van der Waals surface area contributed by atoms with Gasteiger partial charge in [0.1, 0.15) is 23.5 Å². The smallest absolute Gasteiger partial charge is 0.246 e. The van der Waals surface area contributed by atoms with Crippen LogP contribution in [-0.4, -0.2) is 37.6 Å². The van der Waals surface area contributed by atoms with E-state index in [2.05, 4.69) is 15.1 Å². The van der Waals surface area contributed by atoms with Crippen LogP contribution in [0.5, 0.6) is 0 Å². The molecule has 0 aliphatic carbocycles. The Balaban J connectivity index is 1.41. The first-order chi connectivity index (χ1) is 15.0. The summed E-state index contributed by atoms with van der Waals surface area (Å²) >= 11 is 1.45. The van der Waals surface area contributed by atoms with Crippen molar-refractivity contribution in [3.05, 3.63) is 89.7 Å². The molecule has 0 aliphatic rings. The van der Waals surface area contributed by atoms with Crippen molar-refractivity contribution in [1.82, 2.24) is 24.6 Å². The highest BCUT2D eigenvalue weighted by molar-refractivity contribution is 7.13. The Morgan fingerprint density at radius 2 is 1.90 bits per heavy atom. The number of rotatable bonds is 6. The number of likely N-dealkylation sites (N-methyl/N-ethyl adjacent to an activating group) is 1. The fraction of sp³-hybridized carbons (Fsp3) is 0.130. The molecule has 156 valence electrons. The van der Waals surface area contributed by atoms with Gasteiger partial charge in [-0.2, -0.15) is 5.10 Å². The van der Waals surface area contributed by atoms with E-state index in [0.717, 1.165) is 21.8 Å². The van der Waals surface area contributed by atoms with Gasteiger partial charge in [0.25, 0.3) is 0 Å². The van der Waals surface area contributed by atoms with Crippen LogP contribution in [-0.2, 0) is 4.79 Å². The predicted molar refractivity (Wildman–Crippen MR) is 119 cm³/mol. The fourth-order valence-corrected chi connectivity index (χ4v) is 3.82. The summed E-state index contributed by atoms with van der Waals surface area (Å²) in [5, 5.41) is 6.76. The van der Waals surface area contributed by atoms with Crippen molar-refractivity contribution in [3.8, 4) is 16.3 Å². The second-order valence-electron chi connectivity index (χ2n) is 6.97. The number of carbonyl (C=O) groups excluding carboxylic acids is 1. The zero-order valence-electron chi connectivity index (χ0n) is 17.0. The maximum Gasteiger partial charge on any atom is 0.246 e. The Bertz CT molecular complexity index is 1180. The molecule has 8 heteroatoms. The number of benzene rings is 2. The first kappa shape index (κ1) is 20.6. The molecule has 2 aromatic heterocycles. The van der Waals surface area contributed by atoms with Gasteiger partial charge in [-0.25, -0.2) is 19.0 Å². The standard InChI is InChI=1S/C23H20FN5OS/c1-16(17-5-10-21(11-6-17)29-15-25-14-26-29)28(2)22(30)12-9-20-13-31-23(27-20)18-3-7-19(24)8-4-18/h3-16H,1-2H3/b12-9+. The van der Waals surface area contributed by atoms with Crippen molar-refractivity contribution in [2.45, 2.75) is 13.0 Å². The van der Waals surface area contributed by atoms with Crippen LogP contribution in [0.3, 0.4) is 0 Å². The molecular formula is C23H20FN5OS. The van der Waals surface area contributed by atoms with Crippen molar-refractivity contribution >= 4 is 23.3 Å². The van der Waals surface area contributed by atoms with Crippen LogP contribution >= 0.6 is 11.3 Å². The summed E-state index contributed by atoms with van der Waals surface area (Å²) in [5.41, 5.74) is 3.46. The lowest BCUT2D eigenvalue weighted by Gasteiger charge is -2.24. The summed E-state index contributed by atoms with van der Waals surface area (Å²) in [4.78, 5) is 22.8. The minimum absolute atomic E-state index is 0.104. The van der Waals surface area contributed by atoms with Gasteiger partial charge in [0, 0.05) is 24.1 Å². The van der Waals surface area contributed by atoms with Gasteiger partial charge in [0.05, 0.1) is 17.4 Å². The van der Waals surface area contributed by atoms with Gasteiger partial charge in [-0.15, -0.1) is 11.3 Å². The lowest BCUT2D eigenvalue weighted by atomic mass is 10.1. The van der Waals surface area contributed by atoms with Gasteiger partial charge in [-0.05, 0) is 55.0 Å². The first-order valence-corrected chi connectivity index (χ1v) is 10.5. The van der Waals surface area contributed by atoms with Crippen molar-refractivity contribution in [3.63, 3.8) is 0 Å². The highest BCUT2D eigenvalue weighted by Crippen LogP contribution is 2.25. The van der Waals surface area contributed by atoms with Gasteiger partial charge in [0.2, 0.25) is 5.91 Å². The number of hydrogen-bond donors (Lipinski definition) is 0. The van der Waals surface area contributed by atoms with Crippen LogP contribution in [0.25, 0.3) is 22.3 Å². The highest BCUT2D eigenvalue weighted by atomic mass is 32.1. The quantitative estimate of drug-likeness (QED) is 0.411. The Kier molecular flexibility index (Phi) is 5.99. The van der Waals surface area contributed by atoms with Gasteiger partial charge in [0.15, 0.2) is 0 Å². The van der Waals surface area contributed by atoms with Crippen molar-refractivity contribution in [2.24, 2.45) is 0 Å². The minimum Gasteiger partial charge on any atom is -0.335 e. The number of halogens is 1. The summed E-state index contributed by atoms with van der Waals surface area (Å²) in [6.07, 6.45) is 6.34. The van der Waals surface area contributed by atoms with E-state index in [-0.39, 0.29) is 17.8 Å². The molecule has 1 amide bonds. The van der Waals surface area contributed by atoms with E-state index in [1.807, 2.05) is 36.6 Å². The molecule has 0 aliphatic heterocycles. The molecule has 0 fully saturated rings. The number of carbonyl (C=O) groups is 1. The molecule has 1 atom stereocenters. The lowest BCUT2D eigenvalue weighted by Crippen LogP contribution is -2.28. The maximum atomic E-state index is 13.1. The average molecular weight is 434 g/mol. The van der Waals surface area contributed by atoms with E-state index in [9.17, 15) is 9.18 Å². The number of amides is 1. The molecule has 0 spiro atoms. The molecular weight excluding hydrogens is 413 g/mol. The van der Waals surface area contributed by atoms with Gasteiger partial charge in [-0.3, -0.25) is 4.79 Å². The zero-order valence-corrected chi connectivity index (χ0v) is 17.8. The number of nitrogens with zero attached hydrogens (tertiary/aromatic N) is 5. The zero-order chi connectivity index (χ0) is 21.8. The van der Waals surface area contributed by atoms with Crippen molar-refractivity contribution in [2.75, 3.05) is 7.05 Å². The summed E-state index contributed by atoms with van der Waals surface area (Å²) < 4.78 is 14.8. The van der Waals surface area contributed by atoms with Crippen molar-refractivity contribution in [1.29, 1.82) is 0 Å². The molecule has 1 unspecified atom stereocenters. The molecule has 0 saturated carbocycles. The molecule has 0 bridgehead atoms. The normalized spacial score (nSPS) is 12.2. The van der Waals surface area contributed by atoms with Crippen LogP contribution in [0.15, 0.2) is 72.6 Å². The molecule has 2 aromatic carbocycles. The molecule has 31 heavy (non-hydrogen) atoms. The van der Waals surface area contributed by atoms with Crippen molar-refractivity contribution < 1.29 is 9.18 Å². The Labute approximate surface area is 183 Å². The van der Waals surface area contributed by atoms with Crippen LogP contribution in [0.2, 0.25) is 0 Å². The third-order valence-corrected chi connectivity index (χ3v) is 5.91. The van der Waals surface area contributed by atoms with Gasteiger partial charge in [-0.1, -0.05) is 12.1 Å². The lowest BCUT2D eigenvalue weighted by molar-refractivity contribution is -0.126. The average Bonchev–Trinajstić information content (AvgIpc) is 3.49. The van der Waals surface area contributed by atoms with E-state index in [1.165, 1.54) is 35.9 Å². The summed E-state index contributed by atoms with van der Waals surface area (Å²) in [5.74, 6) is -0.402. The Hall–Kier alpha value is -3.65. The van der Waals surface area contributed by atoms with Gasteiger partial charge < -0.3 is 4.90 Å². The third kappa shape index (κ3) is 4.75. The summed E-state index contributed by atoms with van der Waals surface area (Å²) in [6.45, 7) is 1.98. The SMILES string of the molecule is CC(c1ccc(-n2cncn2)cc1)N(C)C(=O)/C=C/c1csc(-c2ccc(F)cc2)n1. The molecule has 2 heterocycles. The van der Waals surface area contributed by atoms with E-state index >= 15 is 0 Å². The van der Waals surface area contributed by atoms with Crippen LogP contribution in [0.1, 0.15) is 24.2 Å². The molecule has 4 aromatic rings. The highest BCUT2D eigenvalue weighted by Gasteiger charge is 2.16. The predicted octanol–water partition coefficient (Wildman–Crippen LogP) is 4.76. The van der Waals surface area contributed by atoms with Crippen LogP contribution in [0, 0.1) is 5.82 Å². The number of thiazole rings is 1. The first-order valence-electron chi connectivity index (χ1n) is 9.62. The second-order valence-corrected chi connectivity index (χ2v) is 7.83. The van der Waals surface area contributed by atoms with E-state index < -0.39 is 0 Å². The van der Waals surface area contributed by atoms with E-state index in [4.69, 9.17) is 0 Å². The molecule has 6 nitrogen and oxygen atoms in total. The van der Waals surface area contributed by atoms with Gasteiger partial charge >= 0.3 is 0 Å². The van der Waals surface area contributed by atoms with E-state index in [1.54, 1.807) is 41.2 Å². The molecule has 0 radical (unpaired) electrons. The Morgan fingerprint density at radius 1 is 1.16 bits per heavy atom. The van der Waals surface area contributed by atoms with E-state index in [0.29, 0.717) is 5.69 Å². The summed E-state index contributed by atoms with van der Waals surface area (Å²) in [7, 11) is 1.77. The van der Waals surface area contributed by atoms with Crippen LogP contribution in [0.4, 0.5) is 4.39 Å². The third-order valence-electron chi connectivity index (χ3n) is 5.00. The molecule has 0 N–H and O–H groups in total. The second kappa shape index (κ2) is 9.01. The topological polar surface area (TPSA) is 63.9 Å². The maximum absolute atomic E-state index is 13.1. The largest absolute Gasteiger partial charge is 0.335 e. The monoisotopic (exact) mass is 433 g/mol. The number of aromatic nitrogens is 4.